The van der Waals surface area contributed by atoms with Gasteiger partial charge >= 0.3 is 0 Å². The Morgan fingerprint density at radius 1 is 0.857 bits per heavy atom. The van der Waals surface area contributed by atoms with Gasteiger partial charge in [0.2, 0.25) is 15.8 Å². The topological polar surface area (TPSA) is 96.7 Å². The number of nitrogens with zero attached hydrogens (tertiary/aromatic N) is 1. The van der Waals surface area contributed by atoms with Crippen molar-refractivity contribution in [1.29, 1.82) is 0 Å². The van der Waals surface area contributed by atoms with E-state index in [9.17, 15) is 18.0 Å². The fourth-order valence-corrected chi connectivity index (χ4v) is 5.84. The van der Waals surface area contributed by atoms with Gasteiger partial charge in [0.25, 0.3) is 0 Å². The van der Waals surface area contributed by atoms with Gasteiger partial charge in [-0.15, -0.1) is 0 Å². The maximum Gasteiger partial charge on any atom is 0.243 e. The van der Waals surface area contributed by atoms with Crippen molar-refractivity contribution >= 4 is 38.2 Å². The highest BCUT2D eigenvalue weighted by Crippen LogP contribution is 2.32. The Bertz CT molecular complexity index is 1500. The summed E-state index contributed by atoms with van der Waals surface area (Å²) in [5, 5.41) is 3.76. The molecule has 1 N–H and O–H groups in total. The number of carbonyl (C=O) groups excluding carboxylic acids is 2. The molecule has 8 heteroatoms. The van der Waals surface area contributed by atoms with E-state index in [4.69, 9.17) is 4.42 Å². The number of furan rings is 1. The minimum Gasteiger partial charge on any atom is -0.450 e. The van der Waals surface area contributed by atoms with Crippen LogP contribution in [0.5, 0.6) is 0 Å². The summed E-state index contributed by atoms with van der Waals surface area (Å²) in [6.07, 6.45) is 1.68. The molecule has 1 fully saturated rings. The predicted molar refractivity (Wildman–Crippen MR) is 133 cm³/mol. The summed E-state index contributed by atoms with van der Waals surface area (Å²) >= 11 is 0. The van der Waals surface area contributed by atoms with Crippen molar-refractivity contribution in [2.24, 2.45) is 0 Å². The summed E-state index contributed by atoms with van der Waals surface area (Å²) in [6, 6.07) is 22.1. The van der Waals surface area contributed by atoms with Crippen LogP contribution in [0.4, 0.5) is 5.69 Å². The molecule has 0 amide bonds. The first-order chi connectivity index (χ1) is 16.9. The van der Waals surface area contributed by atoms with E-state index in [0.717, 1.165) is 12.8 Å². The van der Waals surface area contributed by atoms with Crippen LogP contribution in [0.25, 0.3) is 11.0 Å². The second-order valence-corrected chi connectivity index (χ2v) is 10.4. The molecule has 0 spiro atoms. The van der Waals surface area contributed by atoms with Crippen LogP contribution in [0.2, 0.25) is 0 Å². The van der Waals surface area contributed by atoms with E-state index in [2.05, 4.69) is 5.32 Å². The van der Waals surface area contributed by atoms with Crippen molar-refractivity contribution < 1.29 is 22.4 Å². The Morgan fingerprint density at radius 3 is 2.31 bits per heavy atom. The quantitative estimate of drug-likeness (QED) is 0.360. The average molecular weight is 489 g/mol. The van der Waals surface area contributed by atoms with Gasteiger partial charge < -0.3 is 9.73 Å². The minimum atomic E-state index is -3.63. The van der Waals surface area contributed by atoms with Crippen molar-refractivity contribution in [3.05, 3.63) is 95.7 Å². The third-order valence-corrected chi connectivity index (χ3v) is 8.02. The molecule has 4 aromatic rings. The molecule has 5 rings (SSSR count). The lowest BCUT2D eigenvalue weighted by Crippen LogP contribution is -2.28. The molecule has 7 nitrogen and oxygen atoms in total. The first-order valence-electron chi connectivity index (χ1n) is 11.4. The van der Waals surface area contributed by atoms with Gasteiger partial charge in [0.15, 0.2) is 11.5 Å². The third kappa shape index (κ3) is 4.50. The van der Waals surface area contributed by atoms with Crippen LogP contribution in [-0.4, -0.2) is 43.9 Å². The molecule has 0 bridgehead atoms. The highest BCUT2D eigenvalue weighted by atomic mass is 32.2. The second-order valence-electron chi connectivity index (χ2n) is 8.41. The van der Waals surface area contributed by atoms with E-state index < -0.39 is 10.0 Å². The molecule has 0 saturated carbocycles. The average Bonchev–Trinajstić information content (AvgIpc) is 3.56. The number of ketones is 2. The number of hydrogen-bond acceptors (Lipinski definition) is 6. The molecule has 0 unspecified atom stereocenters. The van der Waals surface area contributed by atoms with Crippen LogP contribution < -0.4 is 5.32 Å². The summed E-state index contributed by atoms with van der Waals surface area (Å²) in [6.45, 7) is 0.855. The normalized spacial score (nSPS) is 14.3. The zero-order chi connectivity index (χ0) is 24.4. The molecular formula is C27H24N2O5S. The highest BCUT2D eigenvalue weighted by Gasteiger charge is 2.28. The van der Waals surface area contributed by atoms with E-state index in [1.165, 1.54) is 16.4 Å². The fourth-order valence-electron chi connectivity index (χ4n) is 4.28. The first-order valence-corrected chi connectivity index (χ1v) is 12.9. The molecule has 35 heavy (non-hydrogen) atoms. The molecule has 1 saturated heterocycles. The van der Waals surface area contributed by atoms with Gasteiger partial charge in [0.1, 0.15) is 5.58 Å². The van der Waals surface area contributed by atoms with Gasteiger partial charge in [-0.2, -0.15) is 4.31 Å². The minimum absolute atomic E-state index is 0.110. The molecule has 0 radical (unpaired) electrons. The number of fused-ring (bicyclic) bond motifs is 1. The number of nitrogens with one attached hydrogen (secondary N) is 1. The second kappa shape index (κ2) is 9.48. The van der Waals surface area contributed by atoms with E-state index in [0.29, 0.717) is 35.3 Å². The number of benzene rings is 3. The van der Waals surface area contributed by atoms with Crippen LogP contribution in [0.1, 0.15) is 39.3 Å². The smallest absolute Gasteiger partial charge is 0.243 e. The maximum absolute atomic E-state index is 13.1. The van der Waals surface area contributed by atoms with E-state index in [1.54, 1.807) is 42.5 Å². The summed E-state index contributed by atoms with van der Waals surface area (Å²) in [5.74, 6) is -0.474. The standard InChI is InChI=1S/C27H24N2O5S/c30-23(20-11-8-12-21(17-20)35(32,33)29-15-6-7-16-29)18-28-25-22-13-4-5-14-24(22)34-27(25)26(31)19-9-2-1-3-10-19/h1-5,8-14,17,28H,6-7,15-16,18H2. The molecule has 2 heterocycles. The van der Waals surface area contributed by atoms with Gasteiger partial charge in [0, 0.05) is 29.6 Å². The van der Waals surface area contributed by atoms with Crippen LogP contribution in [-0.2, 0) is 10.0 Å². The monoisotopic (exact) mass is 488 g/mol. The summed E-state index contributed by atoms with van der Waals surface area (Å²) < 4.78 is 33.1. The molecule has 0 atom stereocenters. The Labute approximate surface area is 203 Å². The number of hydrogen-bond donors (Lipinski definition) is 1. The number of Topliss-reactive ketones (excluding diaryl/α,β-unsaturated/α-hetero) is 1. The molecule has 178 valence electrons. The van der Waals surface area contributed by atoms with Crippen LogP contribution >= 0.6 is 0 Å². The molecule has 0 aliphatic carbocycles. The molecule has 1 aliphatic heterocycles. The van der Waals surface area contributed by atoms with Gasteiger partial charge in [-0.05, 0) is 37.1 Å². The van der Waals surface area contributed by atoms with Gasteiger partial charge in [-0.25, -0.2) is 8.42 Å². The summed E-state index contributed by atoms with van der Waals surface area (Å²) in [7, 11) is -3.63. The maximum atomic E-state index is 13.1. The molecule has 1 aliphatic rings. The van der Waals surface area contributed by atoms with Crippen molar-refractivity contribution in [1.82, 2.24) is 4.31 Å². The van der Waals surface area contributed by atoms with Crippen LogP contribution in [0.3, 0.4) is 0 Å². The number of carbonyl (C=O) groups is 2. The van der Waals surface area contributed by atoms with Gasteiger partial charge in [0.05, 0.1) is 17.1 Å². The lowest BCUT2D eigenvalue weighted by Gasteiger charge is -2.16. The molecular weight excluding hydrogens is 464 g/mol. The Hall–Kier alpha value is -3.75. The van der Waals surface area contributed by atoms with Gasteiger partial charge in [-0.3, -0.25) is 9.59 Å². The van der Waals surface area contributed by atoms with E-state index in [-0.39, 0.29) is 34.3 Å². The lowest BCUT2D eigenvalue weighted by molar-refractivity contribution is 0.0997. The predicted octanol–water partition coefficient (Wildman–Crippen LogP) is 4.74. The number of rotatable bonds is 8. The first kappa shape index (κ1) is 23.0. The van der Waals surface area contributed by atoms with Crippen molar-refractivity contribution in [2.75, 3.05) is 25.0 Å². The van der Waals surface area contributed by atoms with E-state index >= 15 is 0 Å². The van der Waals surface area contributed by atoms with Crippen LogP contribution in [0, 0.1) is 0 Å². The van der Waals surface area contributed by atoms with Crippen molar-refractivity contribution in [2.45, 2.75) is 17.7 Å². The fraction of sp³-hybridized carbons (Fsp3) is 0.185. The SMILES string of the molecule is O=C(CNc1c(C(=O)c2ccccc2)oc2ccccc12)c1cccc(S(=O)(=O)N2CCCC2)c1. The number of sulfonamides is 1. The zero-order valence-corrected chi connectivity index (χ0v) is 19.8. The summed E-state index contributed by atoms with van der Waals surface area (Å²) in [4.78, 5) is 26.3. The molecule has 3 aromatic carbocycles. The summed E-state index contributed by atoms with van der Waals surface area (Å²) in [5.41, 5.74) is 1.71. The largest absolute Gasteiger partial charge is 0.450 e. The van der Waals surface area contributed by atoms with E-state index in [1.807, 2.05) is 24.3 Å². The Kier molecular flexibility index (Phi) is 6.23. The van der Waals surface area contributed by atoms with Crippen molar-refractivity contribution in [3.63, 3.8) is 0 Å². The third-order valence-electron chi connectivity index (χ3n) is 6.12. The van der Waals surface area contributed by atoms with Crippen LogP contribution in [0.15, 0.2) is 88.2 Å². The number of anilines is 1. The Morgan fingerprint density at radius 2 is 1.54 bits per heavy atom. The van der Waals surface area contributed by atoms with Crippen molar-refractivity contribution in [3.8, 4) is 0 Å². The molecule has 1 aromatic heterocycles. The Balaban J connectivity index is 1.41. The number of para-hydroxylation sites is 1. The zero-order valence-electron chi connectivity index (χ0n) is 18.9. The lowest BCUT2D eigenvalue weighted by atomic mass is 10.1. The van der Waals surface area contributed by atoms with Gasteiger partial charge in [-0.1, -0.05) is 54.6 Å². The highest BCUT2D eigenvalue weighted by molar-refractivity contribution is 7.89.